The Hall–Kier alpha value is -3.02. The molecular weight excluding hydrogens is 307 g/mol. The van der Waals surface area contributed by atoms with Gasteiger partial charge in [-0.15, -0.1) is 0 Å². The van der Waals surface area contributed by atoms with Gasteiger partial charge in [0.2, 0.25) is 5.91 Å². The van der Waals surface area contributed by atoms with Gasteiger partial charge in [-0.05, 0) is 28.8 Å². The molecule has 120 valence electrons. The Bertz CT molecular complexity index is 892. The summed E-state index contributed by atoms with van der Waals surface area (Å²) in [5.74, 6) is -0.251. The number of carbonyl (C=O) groups excluding carboxylic acids is 1. The predicted octanol–water partition coefficient (Wildman–Crippen LogP) is 2.63. The lowest BCUT2D eigenvalue weighted by molar-refractivity contribution is -0.132. The summed E-state index contributed by atoms with van der Waals surface area (Å²) in [5, 5.41) is 3.96. The average Bonchev–Trinajstić information content (AvgIpc) is 3.23. The summed E-state index contributed by atoms with van der Waals surface area (Å²) in [7, 11) is 0. The van der Waals surface area contributed by atoms with Crippen molar-refractivity contribution >= 4 is 5.91 Å². The number of nitrogens with zero attached hydrogens (tertiary/aromatic N) is 4. The number of carbonyl (C=O) groups is 1. The van der Waals surface area contributed by atoms with Crippen molar-refractivity contribution in [3.8, 4) is 11.1 Å². The zero-order chi connectivity index (χ0) is 16.5. The minimum Gasteiger partial charge on any atom is -0.332 e. The zero-order valence-corrected chi connectivity index (χ0v) is 12.9. The highest BCUT2D eigenvalue weighted by Crippen LogP contribution is 2.29. The lowest BCUT2D eigenvalue weighted by Crippen LogP contribution is -2.29. The first-order valence-corrected chi connectivity index (χ1v) is 7.67. The molecule has 0 saturated carbocycles. The third kappa shape index (κ3) is 2.67. The number of halogens is 1. The van der Waals surface area contributed by atoms with Gasteiger partial charge in [-0.3, -0.25) is 4.79 Å². The van der Waals surface area contributed by atoms with Crippen LogP contribution < -0.4 is 0 Å². The lowest BCUT2D eigenvalue weighted by Gasteiger charge is -2.14. The molecule has 4 rings (SSSR count). The fourth-order valence-electron chi connectivity index (χ4n) is 2.99. The van der Waals surface area contributed by atoms with Crippen LogP contribution in [0.4, 0.5) is 4.39 Å². The molecule has 0 spiro atoms. The molecule has 0 radical (unpaired) electrons. The van der Waals surface area contributed by atoms with E-state index < -0.39 is 0 Å². The molecule has 1 aliphatic heterocycles. The highest BCUT2D eigenvalue weighted by molar-refractivity contribution is 5.77. The van der Waals surface area contributed by atoms with E-state index in [0.29, 0.717) is 18.7 Å². The highest BCUT2D eigenvalue weighted by atomic mass is 19.1. The Morgan fingerprint density at radius 2 is 1.96 bits per heavy atom. The molecule has 3 aromatic rings. The van der Waals surface area contributed by atoms with Gasteiger partial charge in [0.1, 0.15) is 25.0 Å². The fourth-order valence-corrected chi connectivity index (χ4v) is 2.99. The number of fused-ring (bicyclic) bond motifs is 1. The van der Waals surface area contributed by atoms with Crippen LogP contribution in [0.25, 0.3) is 11.1 Å². The molecule has 24 heavy (non-hydrogen) atoms. The van der Waals surface area contributed by atoms with Crippen LogP contribution >= 0.6 is 0 Å². The molecule has 1 amide bonds. The monoisotopic (exact) mass is 322 g/mol. The van der Waals surface area contributed by atoms with Gasteiger partial charge >= 0.3 is 0 Å². The van der Waals surface area contributed by atoms with Crippen LogP contribution in [0.15, 0.2) is 55.1 Å². The normalized spacial score (nSPS) is 13.1. The van der Waals surface area contributed by atoms with E-state index in [0.717, 1.165) is 16.7 Å². The van der Waals surface area contributed by atoms with Crippen LogP contribution in [0.1, 0.15) is 11.1 Å². The van der Waals surface area contributed by atoms with Gasteiger partial charge in [0.25, 0.3) is 0 Å². The third-order valence-corrected chi connectivity index (χ3v) is 4.23. The van der Waals surface area contributed by atoms with Crippen molar-refractivity contribution in [1.82, 2.24) is 19.7 Å². The Labute approximate surface area is 138 Å². The second-order valence-corrected chi connectivity index (χ2v) is 5.81. The second kappa shape index (κ2) is 5.88. The van der Waals surface area contributed by atoms with Crippen molar-refractivity contribution in [3.05, 3.63) is 72.1 Å². The van der Waals surface area contributed by atoms with E-state index in [9.17, 15) is 9.18 Å². The number of benzene rings is 2. The first-order valence-electron chi connectivity index (χ1n) is 7.67. The molecule has 2 heterocycles. The predicted molar refractivity (Wildman–Crippen MR) is 86.1 cm³/mol. The molecule has 1 aliphatic rings. The van der Waals surface area contributed by atoms with Crippen LogP contribution in [0.3, 0.4) is 0 Å². The molecule has 0 unspecified atom stereocenters. The van der Waals surface area contributed by atoms with Crippen molar-refractivity contribution in [3.63, 3.8) is 0 Å². The van der Waals surface area contributed by atoms with Crippen molar-refractivity contribution in [2.45, 2.75) is 19.6 Å². The van der Waals surface area contributed by atoms with Crippen LogP contribution in [-0.4, -0.2) is 25.6 Å². The minimum absolute atomic E-state index is 0.0101. The maximum atomic E-state index is 14.0. The molecule has 2 aromatic carbocycles. The van der Waals surface area contributed by atoms with Crippen LogP contribution in [0.2, 0.25) is 0 Å². The first kappa shape index (κ1) is 14.6. The molecule has 0 saturated heterocycles. The fraction of sp³-hybridized carbons (Fsp3) is 0.167. The van der Waals surface area contributed by atoms with Gasteiger partial charge in [0.15, 0.2) is 0 Å². The van der Waals surface area contributed by atoms with Gasteiger partial charge in [0, 0.05) is 18.7 Å². The maximum Gasteiger partial charge on any atom is 0.244 e. The summed E-state index contributed by atoms with van der Waals surface area (Å²) in [6.07, 6.45) is 2.93. The summed E-state index contributed by atoms with van der Waals surface area (Å²) in [6.45, 7) is 1.28. The van der Waals surface area contributed by atoms with Crippen LogP contribution in [0, 0.1) is 5.82 Å². The van der Waals surface area contributed by atoms with Gasteiger partial charge in [0.05, 0.1) is 0 Å². The molecule has 1 aromatic heterocycles. The lowest BCUT2D eigenvalue weighted by atomic mass is 10.0. The molecule has 6 heteroatoms. The molecule has 5 nitrogen and oxygen atoms in total. The first-order chi connectivity index (χ1) is 11.7. The Morgan fingerprint density at radius 3 is 2.75 bits per heavy atom. The summed E-state index contributed by atoms with van der Waals surface area (Å²) in [4.78, 5) is 18.0. The standard InChI is InChI=1S/C18H15FN4O/c19-17-4-2-1-3-16(17)13-5-6-14-8-22(9-15(14)7-13)18(24)10-23-12-20-11-21-23/h1-7,11-12H,8-10H2. The van der Waals surface area contributed by atoms with Gasteiger partial charge in [-0.1, -0.05) is 30.3 Å². The van der Waals surface area contributed by atoms with Crippen molar-refractivity contribution in [2.24, 2.45) is 0 Å². The molecular formula is C18H15FN4O. The third-order valence-electron chi connectivity index (χ3n) is 4.23. The van der Waals surface area contributed by atoms with Crippen molar-refractivity contribution < 1.29 is 9.18 Å². The van der Waals surface area contributed by atoms with Gasteiger partial charge < -0.3 is 4.90 Å². The number of hydrogen-bond acceptors (Lipinski definition) is 3. The van der Waals surface area contributed by atoms with Crippen LogP contribution in [-0.2, 0) is 24.4 Å². The van der Waals surface area contributed by atoms with E-state index in [1.807, 2.05) is 24.3 Å². The smallest absolute Gasteiger partial charge is 0.244 e. The topological polar surface area (TPSA) is 51.0 Å². The maximum absolute atomic E-state index is 14.0. The van der Waals surface area contributed by atoms with Crippen molar-refractivity contribution in [2.75, 3.05) is 0 Å². The second-order valence-electron chi connectivity index (χ2n) is 5.81. The van der Waals surface area contributed by atoms with Gasteiger partial charge in [-0.25, -0.2) is 14.1 Å². The van der Waals surface area contributed by atoms with Crippen LogP contribution in [0.5, 0.6) is 0 Å². The van der Waals surface area contributed by atoms with E-state index in [2.05, 4.69) is 10.1 Å². The van der Waals surface area contributed by atoms with E-state index in [1.165, 1.54) is 23.4 Å². The zero-order valence-electron chi connectivity index (χ0n) is 12.9. The highest BCUT2D eigenvalue weighted by Gasteiger charge is 2.24. The number of aromatic nitrogens is 3. The van der Waals surface area contributed by atoms with E-state index >= 15 is 0 Å². The molecule has 0 atom stereocenters. The Morgan fingerprint density at radius 1 is 1.12 bits per heavy atom. The minimum atomic E-state index is -0.241. The largest absolute Gasteiger partial charge is 0.332 e. The number of hydrogen-bond donors (Lipinski definition) is 0. The van der Waals surface area contributed by atoms with Gasteiger partial charge in [-0.2, -0.15) is 5.10 Å². The summed E-state index contributed by atoms with van der Waals surface area (Å²) < 4.78 is 15.5. The summed E-state index contributed by atoms with van der Waals surface area (Å²) in [6, 6.07) is 12.6. The van der Waals surface area contributed by atoms with E-state index in [-0.39, 0.29) is 18.3 Å². The Kier molecular flexibility index (Phi) is 3.57. The quantitative estimate of drug-likeness (QED) is 0.745. The molecule has 0 bridgehead atoms. The average molecular weight is 322 g/mol. The van der Waals surface area contributed by atoms with E-state index in [4.69, 9.17) is 0 Å². The summed E-state index contributed by atoms with van der Waals surface area (Å²) >= 11 is 0. The molecule has 0 aliphatic carbocycles. The molecule has 0 N–H and O–H groups in total. The Balaban J connectivity index is 1.55. The molecule has 0 fully saturated rings. The number of rotatable bonds is 3. The summed E-state index contributed by atoms with van der Waals surface area (Å²) in [5.41, 5.74) is 3.56. The van der Waals surface area contributed by atoms with E-state index in [1.54, 1.807) is 17.0 Å². The van der Waals surface area contributed by atoms with Crippen molar-refractivity contribution in [1.29, 1.82) is 0 Å². The number of amides is 1. The SMILES string of the molecule is O=C(Cn1cncn1)N1Cc2ccc(-c3ccccc3F)cc2C1.